The number of aromatic nitrogens is 3. The summed E-state index contributed by atoms with van der Waals surface area (Å²) in [5.41, 5.74) is 3.22. The van der Waals surface area contributed by atoms with E-state index in [1.807, 2.05) is 43.5 Å². The Kier molecular flexibility index (Phi) is 4.63. The lowest BCUT2D eigenvalue weighted by atomic mass is 10.1. The Balaban J connectivity index is 1.54. The highest BCUT2D eigenvalue weighted by atomic mass is 35.5. The monoisotopic (exact) mass is 398 g/mol. The largest absolute Gasteiger partial charge is 0.343 e. The van der Waals surface area contributed by atoms with E-state index in [1.54, 1.807) is 6.07 Å². The Morgan fingerprint density at radius 1 is 1.26 bits per heavy atom. The van der Waals surface area contributed by atoms with E-state index < -0.39 is 0 Å². The number of hydrogen-bond acceptors (Lipinski definition) is 6. The fraction of sp³-hybridized carbons (Fsp3) is 0.158. The first-order valence-corrected chi connectivity index (χ1v) is 9.49. The molecule has 6 nitrogen and oxygen atoms in total. The van der Waals surface area contributed by atoms with Crippen molar-refractivity contribution in [3.8, 4) is 10.7 Å². The average molecular weight is 399 g/mol. The van der Waals surface area contributed by atoms with Gasteiger partial charge < -0.3 is 9.84 Å². The van der Waals surface area contributed by atoms with Crippen LogP contribution < -0.4 is 5.32 Å². The van der Waals surface area contributed by atoms with Crippen molar-refractivity contribution in [2.24, 2.45) is 0 Å². The molecule has 0 aliphatic carbocycles. The number of benzene rings is 1. The molecule has 27 heavy (non-hydrogen) atoms. The number of rotatable bonds is 4. The summed E-state index contributed by atoms with van der Waals surface area (Å²) < 4.78 is 5.19. The second-order valence-corrected chi connectivity index (χ2v) is 7.46. The fourth-order valence-corrected chi connectivity index (χ4v) is 3.75. The van der Waals surface area contributed by atoms with Crippen LogP contribution in [-0.4, -0.2) is 21.0 Å². The van der Waals surface area contributed by atoms with Gasteiger partial charge in [-0.2, -0.15) is 4.98 Å². The molecule has 1 amide bonds. The van der Waals surface area contributed by atoms with Crippen LogP contribution in [-0.2, 0) is 6.54 Å². The van der Waals surface area contributed by atoms with Crippen molar-refractivity contribution in [3.63, 3.8) is 0 Å². The van der Waals surface area contributed by atoms with Gasteiger partial charge in [0.25, 0.3) is 5.91 Å². The molecule has 0 aliphatic rings. The van der Waals surface area contributed by atoms with Crippen molar-refractivity contribution in [1.82, 2.24) is 20.4 Å². The summed E-state index contributed by atoms with van der Waals surface area (Å²) in [6.07, 6.45) is 0. The van der Waals surface area contributed by atoms with Gasteiger partial charge in [0, 0.05) is 5.39 Å². The van der Waals surface area contributed by atoms with Crippen LogP contribution in [0.1, 0.15) is 27.4 Å². The summed E-state index contributed by atoms with van der Waals surface area (Å²) in [6.45, 7) is 4.08. The molecule has 0 aliphatic heterocycles. The minimum atomic E-state index is -0.343. The van der Waals surface area contributed by atoms with E-state index in [0.717, 1.165) is 26.9 Å². The summed E-state index contributed by atoms with van der Waals surface area (Å²) >= 11 is 7.76. The molecule has 0 radical (unpaired) electrons. The lowest BCUT2D eigenvalue weighted by Gasteiger charge is -2.09. The number of nitrogens with one attached hydrogen (secondary N) is 1. The maximum absolute atomic E-state index is 12.6. The van der Waals surface area contributed by atoms with Crippen LogP contribution in [0.25, 0.3) is 21.6 Å². The van der Waals surface area contributed by atoms with Crippen LogP contribution in [0.5, 0.6) is 0 Å². The molecule has 1 N–H and O–H groups in total. The number of carbonyl (C=O) groups is 1. The first-order valence-electron chi connectivity index (χ1n) is 8.23. The number of thiophene rings is 1. The molecule has 8 heteroatoms. The van der Waals surface area contributed by atoms with Gasteiger partial charge in [0.1, 0.15) is 5.15 Å². The highest BCUT2D eigenvalue weighted by Gasteiger charge is 2.16. The minimum Gasteiger partial charge on any atom is -0.343 e. The SMILES string of the molecule is Cc1cc(C)c2nc(Cl)c(C(=O)NCc3nc(-c4cccs4)no3)cc2c1. The highest BCUT2D eigenvalue weighted by Crippen LogP contribution is 2.25. The van der Waals surface area contributed by atoms with E-state index in [-0.39, 0.29) is 17.6 Å². The Morgan fingerprint density at radius 2 is 2.11 bits per heavy atom. The number of carbonyl (C=O) groups excluding carboxylic acids is 1. The van der Waals surface area contributed by atoms with Gasteiger partial charge in [-0.1, -0.05) is 34.5 Å². The lowest BCUT2D eigenvalue weighted by molar-refractivity contribution is 0.0946. The van der Waals surface area contributed by atoms with Crippen LogP contribution >= 0.6 is 22.9 Å². The molecule has 0 saturated carbocycles. The van der Waals surface area contributed by atoms with Crippen LogP contribution in [0.4, 0.5) is 0 Å². The summed E-state index contributed by atoms with van der Waals surface area (Å²) in [7, 11) is 0. The van der Waals surface area contributed by atoms with E-state index >= 15 is 0 Å². The number of halogens is 1. The number of pyridine rings is 1. The number of nitrogens with zero attached hydrogens (tertiary/aromatic N) is 3. The standard InChI is InChI=1S/C19H15ClN4O2S/c1-10-6-11(2)16-12(7-10)8-13(17(20)23-16)19(25)21-9-15-22-18(24-26-15)14-4-3-5-27-14/h3-8H,9H2,1-2H3,(H,21,25). The minimum absolute atomic E-state index is 0.110. The third-order valence-electron chi connectivity index (χ3n) is 4.06. The van der Waals surface area contributed by atoms with E-state index in [0.29, 0.717) is 17.3 Å². The quantitative estimate of drug-likeness (QED) is 0.510. The van der Waals surface area contributed by atoms with Crippen molar-refractivity contribution in [3.05, 3.63) is 63.4 Å². The maximum atomic E-state index is 12.6. The van der Waals surface area contributed by atoms with Crippen molar-refractivity contribution < 1.29 is 9.32 Å². The summed E-state index contributed by atoms with van der Waals surface area (Å²) in [5.74, 6) is 0.485. The topological polar surface area (TPSA) is 80.9 Å². The van der Waals surface area contributed by atoms with Crippen LogP contribution in [0.15, 0.2) is 40.2 Å². The maximum Gasteiger partial charge on any atom is 0.254 e. The third-order valence-corrected chi connectivity index (χ3v) is 5.21. The molecule has 4 aromatic rings. The van der Waals surface area contributed by atoms with Crippen LogP contribution in [0, 0.1) is 13.8 Å². The summed E-state index contributed by atoms with van der Waals surface area (Å²) in [6, 6.07) is 9.59. The summed E-state index contributed by atoms with van der Waals surface area (Å²) in [5, 5.41) is 9.65. The molecule has 0 saturated heterocycles. The highest BCUT2D eigenvalue weighted by molar-refractivity contribution is 7.13. The Bertz CT molecular complexity index is 1140. The number of hydrogen-bond donors (Lipinski definition) is 1. The van der Waals surface area contributed by atoms with Crippen molar-refractivity contribution in [2.45, 2.75) is 20.4 Å². The molecule has 3 aromatic heterocycles. The summed E-state index contributed by atoms with van der Waals surface area (Å²) in [4.78, 5) is 22.1. The zero-order chi connectivity index (χ0) is 19.0. The molecule has 0 atom stereocenters. The predicted octanol–water partition coefficient (Wildman–Crippen LogP) is 4.55. The number of amides is 1. The molecule has 0 fully saturated rings. The van der Waals surface area contributed by atoms with Gasteiger partial charge in [-0.25, -0.2) is 4.98 Å². The lowest BCUT2D eigenvalue weighted by Crippen LogP contribution is -2.23. The second kappa shape index (κ2) is 7.09. The van der Waals surface area contributed by atoms with Gasteiger partial charge >= 0.3 is 0 Å². The Hall–Kier alpha value is -2.77. The molecule has 0 unspecified atom stereocenters. The molecule has 4 rings (SSSR count). The number of aryl methyl sites for hydroxylation is 2. The molecule has 0 spiro atoms. The van der Waals surface area contributed by atoms with Gasteiger partial charge in [-0.15, -0.1) is 11.3 Å². The van der Waals surface area contributed by atoms with Crippen LogP contribution in [0.2, 0.25) is 5.15 Å². The predicted molar refractivity (Wildman–Crippen MR) is 105 cm³/mol. The third kappa shape index (κ3) is 3.56. The van der Waals surface area contributed by atoms with Gasteiger partial charge in [0.05, 0.1) is 22.5 Å². The molecule has 3 heterocycles. The molecular formula is C19H15ClN4O2S. The second-order valence-electron chi connectivity index (χ2n) is 6.15. The van der Waals surface area contributed by atoms with E-state index in [1.165, 1.54) is 11.3 Å². The number of fused-ring (bicyclic) bond motifs is 1. The van der Waals surface area contributed by atoms with Gasteiger partial charge in [0.2, 0.25) is 11.7 Å². The van der Waals surface area contributed by atoms with E-state index in [9.17, 15) is 4.79 Å². The van der Waals surface area contributed by atoms with E-state index in [4.69, 9.17) is 16.1 Å². The Labute approximate surface area is 164 Å². The normalized spacial score (nSPS) is 11.1. The fourth-order valence-electron chi connectivity index (χ4n) is 2.87. The van der Waals surface area contributed by atoms with E-state index in [2.05, 4.69) is 20.4 Å². The van der Waals surface area contributed by atoms with Gasteiger partial charge in [-0.05, 0) is 43.0 Å². The molecule has 0 bridgehead atoms. The van der Waals surface area contributed by atoms with Crippen molar-refractivity contribution >= 4 is 39.7 Å². The molecule has 1 aromatic carbocycles. The van der Waals surface area contributed by atoms with Crippen molar-refractivity contribution in [1.29, 1.82) is 0 Å². The van der Waals surface area contributed by atoms with Crippen molar-refractivity contribution in [2.75, 3.05) is 0 Å². The zero-order valence-electron chi connectivity index (χ0n) is 14.6. The van der Waals surface area contributed by atoms with Gasteiger partial charge in [-0.3, -0.25) is 4.79 Å². The van der Waals surface area contributed by atoms with Gasteiger partial charge in [0.15, 0.2) is 0 Å². The van der Waals surface area contributed by atoms with Crippen LogP contribution in [0.3, 0.4) is 0 Å². The Morgan fingerprint density at radius 3 is 2.89 bits per heavy atom. The zero-order valence-corrected chi connectivity index (χ0v) is 16.2. The molecule has 136 valence electrons. The average Bonchev–Trinajstić information content (AvgIpc) is 3.31. The first-order chi connectivity index (χ1) is 13.0. The smallest absolute Gasteiger partial charge is 0.254 e. The molecular weight excluding hydrogens is 384 g/mol. The first kappa shape index (κ1) is 17.6.